The highest BCUT2D eigenvalue weighted by atomic mass is 19.4. The fourth-order valence-electron chi connectivity index (χ4n) is 4.04. The number of halogens is 3. The summed E-state index contributed by atoms with van der Waals surface area (Å²) in [4.78, 5) is 12.9. The average Bonchev–Trinajstić information content (AvgIpc) is 2.84. The number of benzene rings is 1. The Labute approximate surface area is 192 Å². The van der Waals surface area contributed by atoms with E-state index in [-0.39, 0.29) is 0 Å². The van der Waals surface area contributed by atoms with Crippen molar-refractivity contribution in [3.8, 4) is 11.1 Å². The van der Waals surface area contributed by atoms with Crippen molar-refractivity contribution in [1.29, 1.82) is 0 Å². The Balaban J connectivity index is 1.17. The molecule has 1 fully saturated rings. The van der Waals surface area contributed by atoms with E-state index in [1.54, 1.807) is 18.5 Å². The van der Waals surface area contributed by atoms with Crippen LogP contribution in [0, 0.1) is 0 Å². The number of anilines is 2. The van der Waals surface area contributed by atoms with E-state index >= 15 is 0 Å². The van der Waals surface area contributed by atoms with Crippen molar-refractivity contribution in [3.63, 3.8) is 0 Å². The Hall–Kier alpha value is -3.13. The number of aromatic nitrogens is 2. The number of hydrogen-bond donors (Lipinski definition) is 1. The van der Waals surface area contributed by atoms with Gasteiger partial charge in [-0.1, -0.05) is 6.07 Å². The van der Waals surface area contributed by atoms with Gasteiger partial charge < -0.3 is 10.2 Å². The summed E-state index contributed by atoms with van der Waals surface area (Å²) in [5.74, 6) is 0.860. The topological polar surface area (TPSA) is 44.3 Å². The van der Waals surface area contributed by atoms with Gasteiger partial charge in [-0.2, -0.15) is 13.2 Å². The highest BCUT2D eigenvalue weighted by Crippen LogP contribution is 2.31. The van der Waals surface area contributed by atoms with Crippen LogP contribution in [0.4, 0.5) is 24.7 Å². The fourth-order valence-corrected chi connectivity index (χ4v) is 4.04. The molecule has 1 aromatic carbocycles. The van der Waals surface area contributed by atoms with Crippen LogP contribution in [-0.4, -0.2) is 54.1 Å². The largest absolute Gasteiger partial charge is 0.416 e. The maximum Gasteiger partial charge on any atom is 0.416 e. The molecule has 0 bridgehead atoms. The molecule has 0 spiro atoms. The zero-order valence-electron chi connectivity index (χ0n) is 18.4. The molecule has 3 heterocycles. The van der Waals surface area contributed by atoms with Crippen LogP contribution in [0.5, 0.6) is 0 Å². The van der Waals surface area contributed by atoms with Crippen molar-refractivity contribution in [1.82, 2.24) is 14.9 Å². The molecule has 33 heavy (non-hydrogen) atoms. The van der Waals surface area contributed by atoms with Crippen molar-refractivity contribution < 1.29 is 13.2 Å². The van der Waals surface area contributed by atoms with Crippen molar-refractivity contribution in [3.05, 3.63) is 72.7 Å². The first kappa shape index (κ1) is 23.0. The normalized spacial score (nSPS) is 14.9. The second-order valence-corrected chi connectivity index (χ2v) is 8.18. The van der Waals surface area contributed by atoms with Gasteiger partial charge in [0.15, 0.2) is 0 Å². The Morgan fingerprint density at radius 3 is 2.36 bits per heavy atom. The smallest absolute Gasteiger partial charge is 0.370 e. The van der Waals surface area contributed by atoms with E-state index in [0.717, 1.165) is 75.1 Å². The second kappa shape index (κ2) is 10.7. The minimum absolute atomic E-state index is 0.587. The summed E-state index contributed by atoms with van der Waals surface area (Å²) < 4.78 is 38.9. The molecule has 8 heteroatoms. The van der Waals surface area contributed by atoms with Crippen LogP contribution in [0.3, 0.4) is 0 Å². The molecule has 4 rings (SSSR count). The van der Waals surface area contributed by atoms with Gasteiger partial charge in [-0.3, -0.25) is 9.88 Å². The summed E-state index contributed by atoms with van der Waals surface area (Å²) >= 11 is 0. The van der Waals surface area contributed by atoms with Gasteiger partial charge in [0.25, 0.3) is 0 Å². The number of piperazine rings is 1. The van der Waals surface area contributed by atoms with Gasteiger partial charge in [0.2, 0.25) is 0 Å². The van der Waals surface area contributed by atoms with Gasteiger partial charge in [-0.05, 0) is 73.0 Å². The van der Waals surface area contributed by atoms with E-state index in [1.165, 1.54) is 12.1 Å². The van der Waals surface area contributed by atoms with Crippen molar-refractivity contribution in [2.24, 2.45) is 0 Å². The molecule has 0 amide bonds. The quantitative estimate of drug-likeness (QED) is 0.475. The fraction of sp³-hybridized carbons (Fsp3) is 0.360. The highest BCUT2D eigenvalue weighted by molar-refractivity contribution is 5.65. The van der Waals surface area contributed by atoms with Crippen molar-refractivity contribution >= 4 is 11.5 Å². The number of nitrogens with zero attached hydrogens (tertiary/aromatic N) is 4. The third-order valence-electron chi connectivity index (χ3n) is 5.89. The summed E-state index contributed by atoms with van der Waals surface area (Å²) in [6, 6.07) is 13.6. The summed E-state index contributed by atoms with van der Waals surface area (Å²) in [6.07, 6.45) is 3.14. The second-order valence-electron chi connectivity index (χ2n) is 8.18. The molecular weight excluding hydrogens is 427 g/mol. The predicted octanol–water partition coefficient (Wildman–Crippen LogP) is 5.18. The molecule has 5 nitrogen and oxygen atoms in total. The van der Waals surface area contributed by atoms with Crippen LogP contribution in [-0.2, 0) is 6.18 Å². The molecule has 1 saturated heterocycles. The Morgan fingerprint density at radius 2 is 1.61 bits per heavy atom. The highest BCUT2D eigenvalue weighted by Gasteiger charge is 2.31. The number of unbranched alkanes of at least 4 members (excludes halogenated alkanes) is 1. The first-order valence-corrected chi connectivity index (χ1v) is 11.2. The van der Waals surface area contributed by atoms with Gasteiger partial charge in [0, 0.05) is 57.0 Å². The monoisotopic (exact) mass is 455 g/mol. The molecule has 0 saturated carbocycles. The van der Waals surface area contributed by atoms with Crippen molar-refractivity contribution in [2.75, 3.05) is 49.5 Å². The van der Waals surface area contributed by atoms with E-state index in [9.17, 15) is 13.2 Å². The van der Waals surface area contributed by atoms with Crippen LogP contribution in [0.25, 0.3) is 11.1 Å². The molecule has 1 N–H and O–H groups in total. The lowest BCUT2D eigenvalue weighted by Gasteiger charge is -2.36. The Kier molecular flexibility index (Phi) is 7.44. The van der Waals surface area contributed by atoms with Crippen LogP contribution >= 0.6 is 0 Å². The lowest BCUT2D eigenvalue weighted by atomic mass is 10.1. The number of alkyl halides is 3. The summed E-state index contributed by atoms with van der Waals surface area (Å²) in [5, 5.41) is 3.39. The summed E-state index contributed by atoms with van der Waals surface area (Å²) in [6.45, 7) is 5.04. The first-order valence-electron chi connectivity index (χ1n) is 11.2. The lowest BCUT2D eigenvalue weighted by molar-refractivity contribution is -0.137. The molecule has 1 aliphatic heterocycles. The third kappa shape index (κ3) is 6.44. The van der Waals surface area contributed by atoms with Crippen LogP contribution in [0.1, 0.15) is 18.4 Å². The SMILES string of the molecule is FC(F)(F)c1cccc(N2CCN(CCCCNc3cc(-c4ccncc4)ccn3)CC2)c1. The molecule has 0 aliphatic carbocycles. The molecule has 0 atom stereocenters. The molecule has 2 aromatic heterocycles. The number of nitrogens with one attached hydrogen (secondary N) is 1. The minimum Gasteiger partial charge on any atom is -0.370 e. The number of pyridine rings is 2. The number of hydrogen-bond acceptors (Lipinski definition) is 5. The van der Waals surface area contributed by atoms with Crippen LogP contribution < -0.4 is 10.2 Å². The zero-order valence-corrected chi connectivity index (χ0v) is 18.4. The Morgan fingerprint density at radius 1 is 0.848 bits per heavy atom. The maximum atomic E-state index is 13.0. The van der Waals surface area contributed by atoms with Crippen LogP contribution in [0.2, 0.25) is 0 Å². The molecule has 0 unspecified atom stereocenters. The first-order chi connectivity index (χ1) is 16.0. The van der Waals surface area contributed by atoms with E-state index in [1.807, 2.05) is 35.4 Å². The average molecular weight is 456 g/mol. The Bertz CT molecular complexity index is 1020. The van der Waals surface area contributed by atoms with Gasteiger partial charge in [0.1, 0.15) is 5.82 Å². The predicted molar refractivity (Wildman–Crippen MR) is 125 cm³/mol. The summed E-state index contributed by atoms with van der Waals surface area (Å²) in [5.41, 5.74) is 2.28. The molecule has 0 radical (unpaired) electrons. The van der Waals surface area contributed by atoms with E-state index in [0.29, 0.717) is 5.69 Å². The summed E-state index contributed by atoms with van der Waals surface area (Å²) in [7, 11) is 0. The third-order valence-corrected chi connectivity index (χ3v) is 5.89. The molecular formula is C25H28F3N5. The molecule has 174 valence electrons. The van der Waals surface area contributed by atoms with Gasteiger partial charge in [0.05, 0.1) is 5.56 Å². The van der Waals surface area contributed by atoms with Crippen LogP contribution in [0.15, 0.2) is 67.1 Å². The molecule has 1 aliphatic rings. The molecule has 3 aromatic rings. The van der Waals surface area contributed by atoms with Gasteiger partial charge >= 0.3 is 6.18 Å². The van der Waals surface area contributed by atoms with Gasteiger partial charge in [-0.15, -0.1) is 0 Å². The number of rotatable bonds is 8. The minimum atomic E-state index is -4.30. The van der Waals surface area contributed by atoms with E-state index < -0.39 is 11.7 Å². The van der Waals surface area contributed by atoms with E-state index in [4.69, 9.17) is 0 Å². The van der Waals surface area contributed by atoms with Gasteiger partial charge in [-0.25, -0.2) is 4.98 Å². The van der Waals surface area contributed by atoms with E-state index in [2.05, 4.69) is 20.2 Å². The van der Waals surface area contributed by atoms with Crippen molar-refractivity contribution in [2.45, 2.75) is 19.0 Å². The zero-order chi connectivity index (χ0) is 23.1. The lowest BCUT2D eigenvalue weighted by Crippen LogP contribution is -2.46. The standard InChI is InChI=1S/C25H28F3N5/c26-25(27,28)22-4-3-5-23(19-22)33-16-14-32(15-17-33)13-2-1-9-30-24-18-21(8-12-31-24)20-6-10-29-11-7-20/h3-8,10-12,18-19H,1-2,9,13-17H2,(H,30,31). The maximum absolute atomic E-state index is 13.0.